The Morgan fingerprint density at radius 2 is 2.21 bits per heavy atom. The maximum Gasteiger partial charge on any atom is 0.143 e. The average molecular weight is 185 g/mol. The molecule has 1 aromatic carbocycles. The highest BCUT2D eigenvalue weighted by molar-refractivity contribution is 5.91. The first-order valence-corrected chi connectivity index (χ1v) is 4.27. The zero-order chi connectivity index (χ0) is 9.38. The predicted molar refractivity (Wildman–Crippen MR) is 51.6 cm³/mol. The summed E-state index contributed by atoms with van der Waals surface area (Å²) in [6.07, 6.45) is 3.35. The topological polar surface area (TPSA) is 54.7 Å². The molecule has 4 heteroatoms. The first kappa shape index (κ1) is 7.32. The van der Waals surface area contributed by atoms with Crippen LogP contribution in [0.2, 0.25) is 0 Å². The molecule has 0 aliphatic rings. The number of aromatic nitrogens is 3. The molecule has 4 nitrogen and oxygen atoms in total. The Hall–Kier alpha value is -2.10. The van der Waals surface area contributed by atoms with Crippen molar-refractivity contribution >= 4 is 11.0 Å². The van der Waals surface area contributed by atoms with Crippen molar-refractivity contribution in [3.05, 3.63) is 36.7 Å². The largest absolute Gasteiger partial charge is 0.464 e. The van der Waals surface area contributed by atoms with E-state index in [2.05, 4.69) is 15.4 Å². The van der Waals surface area contributed by atoms with Gasteiger partial charge in [-0.25, -0.2) is 0 Å². The number of hydrogen-bond donors (Lipinski definition) is 1. The molecule has 0 amide bonds. The highest BCUT2D eigenvalue weighted by Gasteiger charge is 2.07. The number of hydrogen-bond acceptors (Lipinski definition) is 3. The highest BCUT2D eigenvalue weighted by atomic mass is 16.3. The summed E-state index contributed by atoms with van der Waals surface area (Å²) in [6.45, 7) is 0. The fourth-order valence-electron chi connectivity index (χ4n) is 1.53. The van der Waals surface area contributed by atoms with E-state index in [1.54, 1.807) is 12.5 Å². The molecular weight excluding hydrogens is 178 g/mol. The van der Waals surface area contributed by atoms with Gasteiger partial charge >= 0.3 is 0 Å². The fraction of sp³-hybridized carbons (Fsp3) is 0. The van der Waals surface area contributed by atoms with Gasteiger partial charge in [0.15, 0.2) is 0 Å². The Bertz CT molecular complexity index is 554. The minimum absolute atomic E-state index is 0.797. The van der Waals surface area contributed by atoms with E-state index in [0.29, 0.717) is 0 Å². The third kappa shape index (κ3) is 0.939. The fourth-order valence-corrected chi connectivity index (χ4v) is 1.53. The molecule has 0 saturated carbocycles. The van der Waals surface area contributed by atoms with Gasteiger partial charge in [-0.05, 0) is 12.1 Å². The molecule has 2 aromatic heterocycles. The number of furan rings is 1. The van der Waals surface area contributed by atoms with Crippen LogP contribution in [0.1, 0.15) is 0 Å². The standard InChI is InChI=1S/C10H7N3O/c1-2-7-4-5-14-10(7)8(3-1)9-6-11-13-12-9/h1-6H,(H,11,12,13). The Morgan fingerprint density at radius 1 is 1.21 bits per heavy atom. The van der Waals surface area contributed by atoms with Gasteiger partial charge < -0.3 is 4.42 Å². The molecule has 0 radical (unpaired) electrons. The Labute approximate surface area is 79.5 Å². The summed E-state index contributed by atoms with van der Waals surface area (Å²) >= 11 is 0. The first-order chi connectivity index (χ1) is 6.95. The number of nitrogens with zero attached hydrogens (tertiary/aromatic N) is 2. The summed E-state index contributed by atoms with van der Waals surface area (Å²) < 4.78 is 5.39. The summed E-state index contributed by atoms with van der Waals surface area (Å²) in [4.78, 5) is 0. The van der Waals surface area contributed by atoms with Gasteiger partial charge in [0, 0.05) is 10.9 Å². The summed E-state index contributed by atoms with van der Waals surface area (Å²) in [5, 5.41) is 11.5. The molecule has 0 aliphatic heterocycles. The van der Waals surface area contributed by atoms with Crippen molar-refractivity contribution in [1.82, 2.24) is 15.4 Å². The molecule has 3 aromatic rings. The van der Waals surface area contributed by atoms with Gasteiger partial charge in [-0.1, -0.05) is 12.1 Å². The first-order valence-electron chi connectivity index (χ1n) is 4.27. The van der Waals surface area contributed by atoms with Crippen molar-refractivity contribution in [1.29, 1.82) is 0 Å². The zero-order valence-electron chi connectivity index (χ0n) is 7.27. The van der Waals surface area contributed by atoms with Crippen LogP contribution in [-0.2, 0) is 0 Å². The van der Waals surface area contributed by atoms with Crippen LogP contribution < -0.4 is 0 Å². The zero-order valence-corrected chi connectivity index (χ0v) is 7.27. The lowest BCUT2D eigenvalue weighted by Crippen LogP contribution is -1.78. The lowest BCUT2D eigenvalue weighted by atomic mass is 10.1. The van der Waals surface area contributed by atoms with Crippen LogP contribution in [0.5, 0.6) is 0 Å². The number of para-hydroxylation sites is 1. The molecule has 14 heavy (non-hydrogen) atoms. The monoisotopic (exact) mass is 185 g/mol. The number of aromatic amines is 1. The van der Waals surface area contributed by atoms with E-state index in [9.17, 15) is 0 Å². The molecule has 3 rings (SSSR count). The van der Waals surface area contributed by atoms with Crippen LogP contribution in [-0.4, -0.2) is 15.4 Å². The number of nitrogens with one attached hydrogen (secondary N) is 1. The summed E-state index contributed by atoms with van der Waals surface area (Å²) in [7, 11) is 0. The third-order valence-corrected chi connectivity index (χ3v) is 2.17. The minimum Gasteiger partial charge on any atom is -0.464 e. The normalized spacial score (nSPS) is 10.9. The number of fused-ring (bicyclic) bond motifs is 1. The van der Waals surface area contributed by atoms with Gasteiger partial charge in [0.05, 0.1) is 12.5 Å². The van der Waals surface area contributed by atoms with Gasteiger partial charge in [-0.3, -0.25) is 0 Å². The lowest BCUT2D eigenvalue weighted by Gasteiger charge is -1.95. The van der Waals surface area contributed by atoms with Gasteiger partial charge in [0.25, 0.3) is 0 Å². The Morgan fingerprint density at radius 3 is 3.07 bits per heavy atom. The second-order valence-corrected chi connectivity index (χ2v) is 3.00. The van der Waals surface area contributed by atoms with E-state index >= 15 is 0 Å². The van der Waals surface area contributed by atoms with Crippen molar-refractivity contribution in [2.45, 2.75) is 0 Å². The minimum atomic E-state index is 0.797. The molecule has 68 valence electrons. The van der Waals surface area contributed by atoms with Gasteiger partial charge in [-0.2, -0.15) is 15.4 Å². The van der Waals surface area contributed by atoms with E-state index in [1.807, 2.05) is 24.3 Å². The molecule has 0 spiro atoms. The van der Waals surface area contributed by atoms with Crippen LogP contribution >= 0.6 is 0 Å². The Balaban J connectivity index is 2.36. The van der Waals surface area contributed by atoms with Crippen molar-refractivity contribution in [2.75, 3.05) is 0 Å². The number of benzene rings is 1. The third-order valence-electron chi connectivity index (χ3n) is 2.17. The van der Waals surface area contributed by atoms with Crippen LogP contribution in [0.25, 0.3) is 22.2 Å². The van der Waals surface area contributed by atoms with E-state index < -0.39 is 0 Å². The molecule has 0 unspecified atom stereocenters. The van der Waals surface area contributed by atoms with Crippen molar-refractivity contribution in [2.24, 2.45) is 0 Å². The van der Waals surface area contributed by atoms with Crippen molar-refractivity contribution in [3.63, 3.8) is 0 Å². The molecule has 0 saturated heterocycles. The van der Waals surface area contributed by atoms with Gasteiger partial charge in [0.2, 0.25) is 0 Å². The van der Waals surface area contributed by atoms with Crippen LogP contribution in [0, 0.1) is 0 Å². The van der Waals surface area contributed by atoms with Crippen LogP contribution in [0.4, 0.5) is 0 Å². The van der Waals surface area contributed by atoms with E-state index in [0.717, 1.165) is 22.2 Å². The molecule has 1 N–H and O–H groups in total. The molecule has 0 aliphatic carbocycles. The molecule has 0 fully saturated rings. The summed E-state index contributed by atoms with van der Waals surface area (Å²) in [5.74, 6) is 0. The van der Waals surface area contributed by atoms with E-state index in [-0.39, 0.29) is 0 Å². The SMILES string of the molecule is c1cc(-c2cn[nH]n2)c2occc2c1. The van der Waals surface area contributed by atoms with E-state index in [4.69, 9.17) is 4.42 Å². The number of H-pyrrole nitrogens is 1. The summed E-state index contributed by atoms with van der Waals surface area (Å²) in [6, 6.07) is 7.87. The van der Waals surface area contributed by atoms with Gasteiger partial charge in [-0.15, -0.1) is 0 Å². The quantitative estimate of drug-likeness (QED) is 0.632. The molecule has 0 bridgehead atoms. The van der Waals surface area contributed by atoms with Crippen molar-refractivity contribution < 1.29 is 4.42 Å². The van der Waals surface area contributed by atoms with Crippen LogP contribution in [0.3, 0.4) is 0 Å². The highest BCUT2D eigenvalue weighted by Crippen LogP contribution is 2.26. The van der Waals surface area contributed by atoms with Crippen LogP contribution in [0.15, 0.2) is 41.1 Å². The molecule has 0 atom stereocenters. The molecule has 2 heterocycles. The number of rotatable bonds is 1. The second kappa shape index (κ2) is 2.70. The molecular formula is C10H7N3O. The van der Waals surface area contributed by atoms with Crippen molar-refractivity contribution in [3.8, 4) is 11.3 Å². The summed E-state index contributed by atoms with van der Waals surface area (Å²) in [5.41, 5.74) is 2.60. The van der Waals surface area contributed by atoms with Gasteiger partial charge in [0.1, 0.15) is 11.3 Å². The maximum absolute atomic E-state index is 5.39. The Kier molecular flexibility index (Phi) is 1.41. The predicted octanol–water partition coefficient (Wildman–Crippen LogP) is 2.22. The maximum atomic E-state index is 5.39. The second-order valence-electron chi connectivity index (χ2n) is 3.00. The lowest BCUT2D eigenvalue weighted by molar-refractivity contribution is 0.616. The smallest absolute Gasteiger partial charge is 0.143 e. The van der Waals surface area contributed by atoms with E-state index in [1.165, 1.54) is 0 Å². The average Bonchev–Trinajstić information content (AvgIpc) is 2.88.